The van der Waals surface area contributed by atoms with Crippen molar-refractivity contribution in [3.8, 4) is 0 Å². The molecule has 1 aromatic heterocycles. The van der Waals surface area contributed by atoms with E-state index < -0.39 is 18.1 Å². The van der Waals surface area contributed by atoms with Gasteiger partial charge in [0.25, 0.3) is 0 Å². The van der Waals surface area contributed by atoms with E-state index in [0.717, 1.165) is 0 Å². The Bertz CT molecular complexity index is 376. The van der Waals surface area contributed by atoms with Crippen LogP contribution in [0.3, 0.4) is 0 Å². The summed E-state index contributed by atoms with van der Waals surface area (Å²) in [6.45, 7) is 5.83. The van der Waals surface area contributed by atoms with Gasteiger partial charge in [-0.05, 0) is 20.8 Å². The average molecular weight is 241 g/mol. The van der Waals surface area contributed by atoms with Crippen molar-refractivity contribution in [2.75, 3.05) is 6.61 Å². The second-order valence-corrected chi connectivity index (χ2v) is 4.04. The number of carbonyl (C=O) groups is 1. The highest BCUT2D eigenvalue weighted by Crippen LogP contribution is 2.19. The van der Waals surface area contributed by atoms with Crippen molar-refractivity contribution in [2.24, 2.45) is 5.73 Å². The van der Waals surface area contributed by atoms with E-state index in [1.165, 1.54) is 6.20 Å². The fraction of sp³-hybridized carbons (Fsp3) is 0.636. The summed E-state index contributed by atoms with van der Waals surface area (Å²) in [4.78, 5) is 15.4. The van der Waals surface area contributed by atoms with Crippen LogP contribution < -0.4 is 5.73 Å². The number of aromatic nitrogens is 2. The van der Waals surface area contributed by atoms with Gasteiger partial charge in [-0.15, -0.1) is 0 Å². The molecule has 1 aromatic rings. The smallest absolute Gasteiger partial charge is 0.326 e. The number of nitrogens with two attached hydrogens (primary N) is 1. The van der Waals surface area contributed by atoms with Crippen molar-refractivity contribution in [1.29, 1.82) is 0 Å². The van der Waals surface area contributed by atoms with Gasteiger partial charge in [0.15, 0.2) is 0 Å². The SMILES string of the molecule is CCOC(=O)C(N)C(O)c1cncn1C(C)C. The molecule has 0 aliphatic heterocycles. The molecule has 0 fully saturated rings. The summed E-state index contributed by atoms with van der Waals surface area (Å²) in [5, 5.41) is 10.0. The quantitative estimate of drug-likeness (QED) is 0.728. The molecule has 6 heteroatoms. The van der Waals surface area contributed by atoms with Crippen molar-refractivity contribution in [3.05, 3.63) is 18.2 Å². The van der Waals surface area contributed by atoms with Gasteiger partial charge in [-0.1, -0.05) is 0 Å². The Kier molecular flexibility index (Phi) is 4.65. The fourth-order valence-corrected chi connectivity index (χ4v) is 1.53. The molecule has 1 rings (SSSR count). The van der Waals surface area contributed by atoms with Gasteiger partial charge in [0.1, 0.15) is 12.1 Å². The molecule has 0 spiro atoms. The maximum absolute atomic E-state index is 11.4. The second-order valence-electron chi connectivity index (χ2n) is 4.04. The summed E-state index contributed by atoms with van der Waals surface area (Å²) in [7, 11) is 0. The number of aliphatic hydroxyl groups excluding tert-OH is 1. The topological polar surface area (TPSA) is 90.4 Å². The minimum absolute atomic E-state index is 0.136. The average Bonchev–Trinajstić information content (AvgIpc) is 2.76. The monoisotopic (exact) mass is 241 g/mol. The Morgan fingerprint density at radius 1 is 1.65 bits per heavy atom. The van der Waals surface area contributed by atoms with Crippen LogP contribution in [0.5, 0.6) is 0 Å². The number of esters is 1. The van der Waals surface area contributed by atoms with Crippen LogP contribution >= 0.6 is 0 Å². The number of hydrogen-bond acceptors (Lipinski definition) is 5. The standard InChI is InChI=1S/C11H19N3O3/c1-4-17-11(16)9(12)10(15)8-5-13-6-14(8)7(2)3/h5-7,9-10,15H,4,12H2,1-3H3. The van der Waals surface area contributed by atoms with E-state index in [1.807, 2.05) is 13.8 Å². The maximum atomic E-state index is 11.4. The van der Waals surface area contributed by atoms with E-state index in [1.54, 1.807) is 17.8 Å². The highest BCUT2D eigenvalue weighted by Gasteiger charge is 2.28. The second kappa shape index (κ2) is 5.79. The van der Waals surface area contributed by atoms with E-state index in [2.05, 4.69) is 4.98 Å². The van der Waals surface area contributed by atoms with Gasteiger partial charge in [-0.3, -0.25) is 4.79 Å². The third kappa shape index (κ3) is 3.04. The molecule has 0 aliphatic rings. The first-order chi connectivity index (χ1) is 7.99. The summed E-state index contributed by atoms with van der Waals surface area (Å²) in [5.41, 5.74) is 6.16. The summed E-state index contributed by atoms with van der Waals surface area (Å²) in [6.07, 6.45) is 1.99. The third-order valence-corrected chi connectivity index (χ3v) is 2.45. The molecule has 0 amide bonds. The number of carbonyl (C=O) groups excluding carboxylic acids is 1. The van der Waals surface area contributed by atoms with Gasteiger partial charge >= 0.3 is 5.97 Å². The minimum atomic E-state index is -1.11. The van der Waals surface area contributed by atoms with Gasteiger partial charge in [-0.25, -0.2) is 4.98 Å². The Morgan fingerprint density at radius 3 is 2.82 bits per heavy atom. The predicted molar refractivity (Wildman–Crippen MR) is 62.2 cm³/mol. The molecule has 3 N–H and O–H groups in total. The number of ether oxygens (including phenoxy) is 1. The molecule has 2 unspecified atom stereocenters. The van der Waals surface area contributed by atoms with Crippen LogP contribution in [0, 0.1) is 0 Å². The predicted octanol–water partition coefficient (Wildman–Crippen LogP) is 0.388. The van der Waals surface area contributed by atoms with E-state index in [0.29, 0.717) is 5.69 Å². The molecule has 0 aliphatic carbocycles. The van der Waals surface area contributed by atoms with E-state index >= 15 is 0 Å². The highest BCUT2D eigenvalue weighted by atomic mass is 16.5. The van der Waals surface area contributed by atoms with Gasteiger partial charge in [0, 0.05) is 6.04 Å². The summed E-state index contributed by atoms with van der Waals surface area (Å²) in [6, 6.07) is -0.958. The Labute approximate surface area is 100 Å². The molecule has 96 valence electrons. The van der Waals surface area contributed by atoms with Crippen molar-refractivity contribution in [3.63, 3.8) is 0 Å². The zero-order chi connectivity index (χ0) is 13.0. The largest absolute Gasteiger partial charge is 0.465 e. The molecule has 0 aromatic carbocycles. The van der Waals surface area contributed by atoms with Crippen molar-refractivity contribution in [2.45, 2.75) is 39.0 Å². The lowest BCUT2D eigenvalue weighted by Gasteiger charge is -2.20. The molecule has 0 saturated heterocycles. The lowest BCUT2D eigenvalue weighted by molar-refractivity contribution is -0.147. The molecule has 0 bridgehead atoms. The first-order valence-corrected chi connectivity index (χ1v) is 5.61. The zero-order valence-electron chi connectivity index (χ0n) is 10.3. The molecular formula is C11H19N3O3. The molecule has 6 nitrogen and oxygen atoms in total. The highest BCUT2D eigenvalue weighted by molar-refractivity contribution is 5.76. The number of rotatable bonds is 5. The minimum Gasteiger partial charge on any atom is -0.465 e. The zero-order valence-corrected chi connectivity index (χ0v) is 10.3. The van der Waals surface area contributed by atoms with E-state index in [4.69, 9.17) is 10.5 Å². The Balaban J connectivity index is 2.84. The fourth-order valence-electron chi connectivity index (χ4n) is 1.53. The lowest BCUT2D eigenvalue weighted by atomic mass is 10.1. The van der Waals surface area contributed by atoms with E-state index in [9.17, 15) is 9.90 Å². The molecule has 0 radical (unpaired) electrons. The molecule has 2 atom stereocenters. The summed E-state index contributed by atoms with van der Waals surface area (Å²) < 4.78 is 6.54. The Hall–Kier alpha value is -1.40. The van der Waals surface area contributed by atoms with Crippen LogP contribution in [0.1, 0.15) is 38.6 Å². The number of aliphatic hydroxyl groups is 1. The van der Waals surface area contributed by atoms with Crippen molar-refractivity contribution in [1.82, 2.24) is 9.55 Å². The van der Waals surface area contributed by atoms with Crippen molar-refractivity contribution < 1.29 is 14.6 Å². The molecule has 0 saturated carbocycles. The van der Waals surface area contributed by atoms with Crippen LogP contribution in [0.25, 0.3) is 0 Å². The molecular weight excluding hydrogens is 222 g/mol. The first-order valence-electron chi connectivity index (χ1n) is 5.61. The summed E-state index contributed by atoms with van der Waals surface area (Å²) in [5.74, 6) is -0.614. The lowest BCUT2D eigenvalue weighted by Crippen LogP contribution is -2.39. The van der Waals surface area contributed by atoms with Gasteiger partial charge in [0.2, 0.25) is 0 Å². The van der Waals surface area contributed by atoms with Gasteiger partial charge in [0.05, 0.1) is 24.8 Å². The first kappa shape index (κ1) is 13.7. The van der Waals surface area contributed by atoms with Crippen LogP contribution in [0.15, 0.2) is 12.5 Å². The van der Waals surface area contributed by atoms with Gasteiger partial charge in [-0.2, -0.15) is 0 Å². The van der Waals surface area contributed by atoms with E-state index in [-0.39, 0.29) is 12.6 Å². The maximum Gasteiger partial charge on any atom is 0.326 e. The van der Waals surface area contributed by atoms with Crippen LogP contribution in [0.4, 0.5) is 0 Å². The summed E-state index contributed by atoms with van der Waals surface area (Å²) >= 11 is 0. The third-order valence-electron chi connectivity index (χ3n) is 2.45. The Morgan fingerprint density at radius 2 is 2.29 bits per heavy atom. The van der Waals surface area contributed by atoms with Crippen LogP contribution in [-0.2, 0) is 9.53 Å². The number of nitrogens with zero attached hydrogens (tertiary/aromatic N) is 2. The van der Waals surface area contributed by atoms with Crippen molar-refractivity contribution >= 4 is 5.97 Å². The van der Waals surface area contributed by atoms with Gasteiger partial charge < -0.3 is 20.1 Å². The van der Waals surface area contributed by atoms with Crippen LogP contribution in [0.2, 0.25) is 0 Å². The number of hydrogen-bond donors (Lipinski definition) is 2. The number of imidazole rings is 1. The van der Waals surface area contributed by atoms with Crippen LogP contribution in [-0.4, -0.2) is 33.3 Å². The normalized spacial score (nSPS) is 14.7. The molecule has 1 heterocycles. The molecule has 17 heavy (non-hydrogen) atoms.